The van der Waals surface area contributed by atoms with Crippen molar-refractivity contribution in [2.45, 2.75) is 44.8 Å². The molecule has 0 saturated heterocycles. The standard InChI is InChI=1S/C26H27N7O2/c27-23-22-24-32-25(31-23)35-11-3-1-2-4-17-12-16(15-33(24)26(34)30-22)5-10-21(17)18-6-7-20(28-13-18)14-29-19-8-9-19/h1-2,5-7,10,12-13,19,29H,3-4,8-9,11,14-15H2,(H,30,34)(H2,27,31,32)/b2-1+. The summed E-state index contributed by atoms with van der Waals surface area (Å²) in [6.45, 7) is 1.58. The van der Waals surface area contributed by atoms with Gasteiger partial charge in [0.25, 0.3) is 0 Å². The fourth-order valence-corrected chi connectivity index (χ4v) is 4.39. The van der Waals surface area contributed by atoms with Crippen molar-refractivity contribution < 1.29 is 4.74 Å². The maximum Gasteiger partial charge on any atom is 0.328 e. The van der Waals surface area contributed by atoms with E-state index in [1.165, 1.54) is 18.4 Å². The lowest BCUT2D eigenvalue weighted by Crippen LogP contribution is -2.18. The first-order chi connectivity index (χ1) is 17.1. The Hall–Kier alpha value is -3.98. The van der Waals surface area contributed by atoms with E-state index >= 15 is 0 Å². The summed E-state index contributed by atoms with van der Waals surface area (Å²) < 4.78 is 7.27. The molecule has 2 aliphatic rings. The average molecular weight is 470 g/mol. The molecule has 1 aliphatic heterocycles. The molecule has 3 aromatic heterocycles. The third-order valence-corrected chi connectivity index (χ3v) is 6.45. The fourth-order valence-electron chi connectivity index (χ4n) is 4.39. The SMILES string of the molecule is Nc1nc2nc3c1[nH]c(=O)n3Cc1ccc(-c3ccc(CNC4CC4)nc3)c(c1)C/C=C/CCO2. The van der Waals surface area contributed by atoms with Crippen LogP contribution in [0.4, 0.5) is 5.82 Å². The zero-order valence-electron chi connectivity index (χ0n) is 19.3. The number of imidazole rings is 1. The smallest absolute Gasteiger partial charge is 0.328 e. The Labute approximate surface area is 202 Å². The highest BCUT2D eigenvalue weighted by molar-refractivity contribution is 5.82. The molecule has 4 N–H and O–H groups in total. The largest absolute Gasteiger partial charge is 0.463 e. The van der Waals surface area contributed by atoms with Crippen LogP contribution >= 0.6 is 0 Å². The Balaban J connectivity index is 1.36. The molecule has 4 heterocycles. The Morgan fingerprint density at radius 3 is 2.91 bits per heavy atom. The number of H-pyrrole nitrogens is 1. The van der Waals surface area contributed by atoms with Crippen molar-refractivity contribution in [3.8, 4) is 17.1 Å². The molecular formula is C26H27N7O2. The number of ether oxygens (including phenoxy) is 1. The van der Waals surface area contributed by atoms with Gasteiger partial charge in [0.15, 0.2) is 11.5 Å². The van der Waals surface area contributed by atoms with E-state index in [4.69, 9.17) is 10.5 Å². The predicted molar refractivity (Wildman–Crippen MR) is 134 cm³/mol. The number of allylic oxidation sites excluding steroid dienone is 1. The molecule has 178 valence electrons. The van der Waals surface area contributed by atoms with Gasteiger partial charge in [-0.25, -0.2) is 4.79 Å². The molecule has 0 amide bonds. The second-order valence-corrected chi connectivity index (χ2v) is 9.10. The van der Waals surface area contributed by atoms with E-state index in [-0.39, 0.29) is 17.5 Å². The van der Waals surface area contributed by atoms with Crippen molar-refractivity contribution in [1.82, 2.24) is 29.8 Å². The molecule has 4 bridgehead atoms. The fraction of sp³-hybridized carbons (Fsp3) is 0.308. The maximum atomic E-state index is 12.7. The summed E-state index contributed by atoms with van der Waals surface area (Å²) in [6, 6.07) is 11.4. The number of rotatable bonds is 4. The van der Waals surface area contributed by atoms with Crippen molar-refractivity contribution in [2.75, 3.05) is 12.3 Å². The van der Waals surface area contributed by atoms with E-state index in [2.05, 4.69) is 61.7 Å². The van der Waals surface area contributed by atoms with Crippen LogP contribution in [0.1, 0.15) is 36.1 Å². The molecule has 35 heavy (non-hydrogen) atoms. The van der Waals surface area contributed by atoms with Crippen molar-refractivity contribution in [1.29, 1.82) is 0 Å². The lowest BCUT2D eigenvalue weighted by atomic mass is 9.96. The van der Waals surface area contributed by atoms with E-state index < -0.39 is 0 Å². The number of nitrogens with one attached hydrogen (secondary N) is 2. The zero-order valence-corrected chi connectivity index (χ0v) is 19.3. The van der Waals surface area contributed by atoms with Gasteiger partial charge in [-0.15, -0.1) is 0 Å². The molecule has 0 spiro atoms. The Kier molecular flexibility index (Phi) is 5.54. The number of hydrogen-bond donors (Lipinski definition) is 3. The first-order valence-corrected chi connectivity index (χ1v) is 12.0. The summed E-state index contributed by atoms with van der Waals surface area (Å²) in [4.78, 5) is 28.8. The molecular weight excluding hydrogens is 442 g/mol. The van der Waals surface area contributed by atoms with Crippen LogP contribution in [-0.2, 0) is 19.5 Å². The second kappa shape index (κ2) is 8.99. The van der Waals surface area contributed by atoms with Crippen molar-refractivity contribution in [3.05, 3.63) is 76.0 Å². The third kappa shape index (κ3) is 4.54. The number of pyridine rings is 1. The monoisotopic (exact) mass is 469 g/mol. The minimum absolute atomic E-state index is 0.174. The summed E-state index contributed by atoms with van der Waals surface area (Å²) in [6.07, 6.45) is 10.2. The van der Waals surface area contributed by atoms with Gasteiger partial charge in [0.05, 0.1) is 18.8 Å². The van der Waals surface area contributed by atoms with Crippen LogP contribution in [0.25, 0.3) is 22.3 Å². The molecule has 1 aromatic carbocycles. The van der Waals surface area contributed by atoms with E-state index in [1.807, 2.05) is 12.3 Å². The van der Waals surface area contributed by atoms with Crippen LogP contribution in [0.3, 0.4) is 0 Å². The maximum absolute atomic E-state index is 12.7. The van der Waals surface area contributed by atoms with Gasteiger partial charge in [-0.2, -0.15) is 9.97 Å². The molecule has 1 saturated carbocycles. The summed E-state index contributed by atoms with van der Waals surface area (Å²) >= 11 is 0. The third-order valence-electron chi connectivity index (χ3n) is 6.45. The molecule has 1 aliphatic carbocycles. The van der Waals surface area contributed by atoms with Gasteiger partial charge in [0.1, 0.15) is 5.52 Å². The van der Waals surface area contributed by atoms with Gasteiger partial charge in [-0.05, 0) is 48.4 Å². The van der Waals surface area contributed by atoms with Gasteiger partial charge in [0, 0.05) is 24.3 Å². The lowest BCUT2D eigenvalue weighted by molar-refractivity contribution is 0.300. The van der Waals surface area contributed by atoms with Gasteiger partial charge in [-0.3, -0.25) is 9.55 Å². The van der Waals surface area contributed by atoms with Crippen LogP contribution < -0.4 is 21.5 Å². The number of nitrogens with two attached hydrogens (primary N) is 1. The van der Waals surface area contributed by atoms with Crippen LogP contribution in [0.15, 0.2) is 53.5 Å². The zero-order chi connectivity index (χ0) is 23.8. The van der Waals surface area contributed by atoms with Gasteiger partial charge >= 0.3 is 11.7 Å². The minimum atomic E-state index is -0.282. The molecule has 9 nitrogen and oxygen atoms in total. The predicted octanol–water partition coefficient (Wildman–Crippen LogP) is 2.95. The number of nitrogen functional groups attached to an aromatic ring is 1. The van der Waals surface area contributed by atoms with Gasteiger partial charge < -0.3 is 20.8 Å². The second-order valence-electron chi connectivity index (χ2n) is 9.10. The molecule has 4 aromatic rings. The van der Waals surface area contributed by atoms with Crippen molar-refractivity contribution in [3.63, 3.8) is 0 Å². The Morgan fingerprint density at radius 1 is 1.17 bits per heavy atom. The number of nitrogens with zero attached hydrogens (tertiary/aromatic N) is 4. The van der Waals surface area contributed by atoms with E-state index in [0.717, 1.165) is 35.3 Å². The summed E-state index contributed by atoms with van der Waals surface area (Å²) in [5, 5.41) is 3.51. The van der Waals surface area contributed by atoms with Gasteiger partial charge in [-0.1, -0.05) is 36.4 Å². The van der Waals surface area contributed by atoms with Crippen molar-refractivity contribution in [2.24, 2.45) is 0 Å². The first-order valence-electron chi connectivity index (χ1n) is 12.0. The number of aromatic amines is 1. The normalized spacial score (nSPS) is 16.7. The summed E-state index contributed by atoms with van der Waals surface area (Å²) in [5.74, 6) is 0.197. The van der Waals surface area contributed by atoms with Gasteiger partial charge in [0.2, 0.25) is 0 Å². The summed E-state index contributed by atoms with van der Waals surface area (Å²) in [5.41, 5.74) is 12.1. The molecule has 0 radical (unpaired) electrons. The molecule has 0 unspecified atom stereocenters. The molecule has 0 atom stereocenters. The van der Waals surface area contributed by atoms with Crippen LogP contribution in [0.2, 0.25) is 0 Å². The number of fused-ring (bicyclic) bond motifs is 3. The molecule has 9 heteroatoms. The number of anilines is 1. The highest BCUT2D eigenvalue weighted by Crippen LogP contribution is 2.27. The Morgan fingerprint density at radius 2 is 2.09 bits per heavy atom. The molecule has 1 fully saturated rings. The average Bonchev–Trinajstić information content (AvgIpc) is 3.64. The minimum Gasteiger partial charge on any atom is -0.463 e. The van der Waals surface area contributed by atoms with E-state index in [1.54, 1.807) is 4.57 Å². The Bertz CT molecular complexity index is 1470. The van der Waals surface area contributed by atoms with Crippen LogP contribution in [0, 0.1) is 0 Å². The molecule has 6 rings (SSSR count). The summed E-state index contributed by atoms with van der Waals surface area (Å²) in [7, 11) is 0. The van der Waals surface area contributed by atoms with E-state index in [0.29, 0.717) is 36.8 Å². The lowest BCUT2D eigenvalue weighted by Gasteiger charge is -2.13. The number of hydrogen-bond acceptors (Lipinski definition) is 7. The van der Waals surface area contributed by atoms with Crippen molar-refractivity contribution >= 4 is 17.0 Å². The van der Waals surface area contributed by atoms with E-state index in [9.17, 15) is 4.79 Å². The quantitative estimate of drug-likeness (QED) is 0.393. The van der Waals surface area contributed by atoms with Crippen LogP contribution in [0.5, 0.6) is 6.01 Å². The highest BCUT2D eigenvalue weighted by atomic mass is 16.5. The van der Waals surface area contributed by atoms with Crippen LogP contribution in [-0.4, -0.2) is 37.2 Å². The first kappa shape index (κ1) is 21.5. The number of benzene rings is 1. The topological polar surface area (TPSA) is 124 Å². The highest BCUT2D eigenvalue weighted by Gasteiger charge is 2.20. The number of aromatic nitrogens is 5.